The van der Waals surface area contributed by atoms with Gasteiger partial charge in [0.2, 0.25) is 5.91 Å². The highest BCUT2D eigenvalue weighted by atomic mass is 35.5. The van der Waals surface area contributed by atoms with Crippen LogP contribution in [0.25, 0.3) is 0 Å². The molecular formula is C13H11ClFN3O3. The van der Waals surface area contributed by atoms with Gasteiger partial charge in [0.25, 0.3) is 0 Å². The molecule has 0 aliphatic carbocycles. The lowest BCUT2D eigenvalue weighted by molar-refractivity contribution is -0.119. The quantitative estimate of drug-likeness (QED) is 0.909. The number of rotatable bonds is 4. The van der Waals surface area contributed by atoms with Gasteiger partial charge in [-0.15, -0.1) is 0 Å². The van der Waals surface area contributed by atoms with Gasteiger partial charge in [0.05, 0.1) is 5.02 Å². The van der Waals surface area contributed by atoms with E-state index in [1.54, 1.807) is 0 Å². The molecule has 0 aliphatic rings. The summed E-state index contributed by atoms with van der Waals surface area (Å²) in [6, 6.07) is 4.19. The molecule has 1 aromatic heterocycles. The fraction of sp³-hybridized carbons (Fsp3) is 0.154. The zero-order chi connectivity index (χ0) is 15.6. The van der Waals surface area contributed by atoms with Gasteiger partial charge in [-0.2, -0.15) is 5.10 Å². The third-order valence-corrected chi connectivity index (χ3v) is 3.11. The minimum absolute atomic E-state index is 0.102. The Bertz CT molecular complexity index is 702. The van der Waals surface area contributed by atoms with Crippen molar-refractivity contribution in [1.82, 2.24) is 9.78 Å². The largest absolute Gasteiger partial charge is 0.477 e. The summed E-state index contributed by atoms with van der Waals surface area (Å²) in [6.45, 7) is 1.50. The number of amides is 1. The van der Waals surface area contributed by atoms with E-state index >= 15 is 0 Å². The molecule has 1 aromatic carbocycles. The van der Waals surface area contributed by atoms with Crippen LogP contribution < -0.4 is 5.32 Å². The summed E-state index contributed by atoms with van der Waals surface area (Å²) >= 11 is 5.62. The first kappa shape index (κ1) is 15.0. The minimum Gasteiger partial charge on any atom is -0.477 e. The zero-order valence-electron chi connectivity index (χ0n) is 10.9. The molecule has 0 bridgehead atoms. The Labute approximate surface area is 124 Å². The molecule has 1 heterocycles. The van der Waals surface area contributed by atoms with Crippen molar-refractivity contribution in [3.05, 3.63) is 47.0 Å². The summed E-state index contributed by atoms with van der Waals surface area (Å²) < 4.78 is 14.1. The maximum Gasteiger partial charge on any atom is 0.354 e. The average molecular weight is 312 g/mol. The molecule has 0 radical (unpaired) electrons. The van der Waals surface area contributed by atoms with E-state index in [0.29, 0.717) is 5.69 Å². The highest BCUT2D eigenvalue weighted by Crippen LogP contribution is 2.20. The normalized spacial score (nSPS) is 12.0. The molecule has 1 amide bonds. The van der Waals surface area contributed by atoms with Crippen molar-refractivity contribution in [2.45, 2.75) is 13.0 Å². The predicted molar refractivity (Wildman–Crippen MR) is 73.9 cm³/mol. The molecule has 0 spiro atoms. The first-order chi connectivity index (χ1) is 9.90. The molecule has 8 heteroatoms. The van der Waals surface area contributed by atoms with Crippen molar-refractivity contribution >= 4 is 29.2 Å². The Morgan fingerprint density at radius 2 is 2.14 bits per heavy atom. The van der Waals surface area contributed by atoms with Gasteiger partial charge in [-0.05, 0) is 31.2 Å². The molecule has 0 saturated carbocycles. The highest BCUT2D eigenvalue weighted by Gasteiger charge is 2.21. The lowest BCUT2D eigenvalue weighted by atomic mass is 10.2. The maximum absolute atomic E-state index is 13.0. The molecule has 2 aromatic rings. The van der Waals surface area contributed by atoms with Gasteiger partial charge < -0.3 is 10.4 Å². The molecule has 2 rings (SSSR count). The van der Waals surface area contributed by atoms with Crippen LogP contribution in [0.4, 0.5) is 10.1 Å². The first-order valence-electron chi connectivity index (χ1n) is 5.93. The van der Waals surface area contributed by atoms with Gasteiger partial charge in [0.1, 0.15) is 17.6 Å². The van der Waals surface area contributed by atoms with Gasteiger partial charge in [-0.1, -0.05) is 11.6 Å². The van der Waals surface area contributed by atoms with Crippen molar-refractivity contribution in [3.8, 4) is 0 Å². The third-order valence-electron chi connectivity index (χ3n) is 2.82. The van der Waals surface area contributed by atoms with Crippen molar-refractivity contribution in [3.63, 3.8) is 0 Å². The SMILES string of the molecule is CC(C(=O)Nc1ccc(F)c(Cl)c1)n1nccc1C(=O)O. The van der Waals surface area contributed by atoms with E-state index in [0.717, 1.165) is 10.7 Å². The zero-order valence-corrected chi connectivity index (χ0v) is 11.6. The summed E-state index contributed by atoms with van der Waals surface area (Å²) in [5.74, 6) is -2.27. The van der Waals surface area contributed by atoms with Gasteiger partial charge in [0.15, 0.2) is 0 Å². The molecule has 0 saturated heterocycles. The maximum atomic E-state index is 13.0. The Morgan fingerprint density at radius 3 is 2.76 bits per heavy atom. The second kappa shape index (κ2) is 5.92. The molecule has 0 fully saturated rings. The molecule has 0 aliphatic heterocycles. The second-order valence-electron chi connectivity index (χ2n) is 4.26. The number of hydrogen-bond donors (Lipinski definition) is 2. The Kier molecular flexibility index (Phi) is 4.23. The number of nitrogens with one attached hydrogen (secondary N) is 1. The number of carbonyl (C=O) groups excluding carboxylic acids is 1. The monoisotopic (exact) mass is 311 g/mol. The van der Waals surface area contributed by atoms with E-state index in [9.17, 15) is 14.0 Å². The molecule has 1 unspecified atom stereocenters. The van der Waals surface area contributed by atoms with Gasteiger partial charge >= 0.3 is 5.97 Å². The summed E-state index contributed by atoms with van der Waals surface area (Å²) in [5.41, 5.74) is 0.206. The number of carbonyl (C=O) groups is 2. The van der Waals surface area contributed by atoms with Crippen molar-refractivity contribution < 1.29 is 19.1 Å². The summed E-state index contributed by atoms with van der Waals surface area (Å²) in [5, 5.41) is 15.2. The molecule has 21 heavy (non-hydrogen) atoms. The topological polar surface area (TPSA) is 84.2 Å². The number of halogens is 2. The molecule has 110 valence electrons. The summed E-state index contributed by atoms with van der Waals surface area (Å²) in [6.07, 6.45) is 1.29. The van der Waals surface area contributed by atoms with E-state index in [2.05, 4.69) is 10.4 Å². The number of hydrogen-bond acceptors (Lipinski definition) is 3. The van der Waals surface area contributed by atoms with Crippen LogP contribution in [0.1, 0.15) is 23.5 Å². The van der Waals surface area contributed by atoms with Crippen LogP contribution in [0.15, 0.2) is 30.5 Å². The number of nitrogens with zero attached hydrogens (tertiary/aromatic N) is 2. The first-order valence-corrected chi connectivity index (χ1v) is 6.30. The number of anilines is 1. The molecule has 1 atom stereocenters. The van der Waals surface area contributed by atoms with E-state index in [1.165, 1.54) is 31.3 Å². The van der Waals surface area contributed by atoms with Crippen LogP contribution in [0, 0.1) is 5.82 Å². The van der Waals surface area contributed by atoms with E-state index in [1.807, 2.05) is 0 Å². The molecular weight excluding hydrogens is 301 g/mol. The predicted octanol–water partition coefficient (Wildman–Crippen LogP) is 2.57. The summed E-state index contributed by atoms with van der Waals surface area (Å²) in [4.78, 5) is 23.1. The van der Waals surface area contributed by atoms with Crippen molar-refractivity contribution in [2.24, 2.45) is 0 Å². The molecule has 2 N–H and O–H groups in total. The Balaban J connectivity index is 2.17. The van der Waals surface area contributed by atoms with E-state index < -0.39 is 23.7 Å². The minimum atomic E-state index is -1.18. The van der Waals surface area contributed by atoms with Crippen LogP contribution in [-0.2, 0) is 4.79 Å². The number of aromatic nitrogens is 2. The van der Waals surface area contributed by atoms with Crippen LogP contribution in [0.2, 0.25) is 5.02 Å². The highest BCUT2D eigenvalue weighted by molar-refractivity contribution is 6.31. The van der Waals surface area contributed by atoms with Crippen LogP contribution in [0.5, 0.6) is 0 Å². The Hall–Kier alpha value is -2.41. The fourth-order valence-electron chi connectivity index (χ4n) is 1.72. The Morgan fingerprint density at radius 1 is 1.43 bits per heavy atom. The third kappa shape index (κ3) is 3.19. The fourth-order valence-corrected chi connectivity index (χ4v) is 1.90. The van der Waals surface area contributed by atoms with Crippen LogP contribution in [0.3, 0.4) is 0 Å². The lowest BCUT2D eigenvalue weighted by Gasteiger charge is -2.14. The van der Waals surface area contributed by atoms with Crippen molar-refractivity contribution in [1.29, 1.82) is 0 Å². The van der Waals surface area contributed by atoms with Gasteiger partial charge in [0, 0.05) is 11.9 Å². The lowest BCUT2D eigenvalue weighted by Crippen LogP contribution is -2.26. The van der Waals surface area contributed by atoms with Gasteiger partial charge in [-0.25, -0.2) is 13.9 Å². The summed E-state index contributed by atoms with van der Waals surface area (Å²) in [7, 11) is 0. The standard InChI is InChI=1S/C13H11ClFN3O3/c1-7(18-11(13(20)21)4-5-16-18)12(19)17-8-2-3-10(15)9(14)6-8/h2-7H,1H3,(H,17,19)(H,20,21). The molecule has 6 nitrogen and oxygen atoms in total. The smallest absolute Gasteiger partial charge is 0.354 e. The number of aromatic carboxylic acids is 1. The number of benzene rings is 1. The number of carboxylic acid groups (broad SMARTS) is 1. The van der Waals surface area contributed by atoms with Crippen molar-refractivity contribution in [2.75, 3.05) is 5.32 Å². The van der Waals surface area contributed by atoms with E-state index in [-0.39, 0.29) is 10.7 Å². The average Bonchev–Trinajstić information content (AvgIpc) is 2.91. The van der Waals surface area contributed by atoms with E-state index in [4.69, 9.17) is 16.7 Å². The number of carboxylic acids is 1. The second-order valence-corrected chi connectivity index (χ2v) is 4.67. The van der Waals surface area contributed by atoms with Gasteiger partial charge in [-0.3, -0.25) is 4.79 Å². The van der Waals surface area contributed by atoms with Crippen LogP contribution in [-0.4, -0.2) is 26.8 Å². The van der Waals surface area contributed by atoms with Crippen LogP contribution >= 0.6 is 11.6 Å².